The summed E-state index contributed by atoms with van der Waals surface area (Å²) in [6.07, 6.45) is 12.4. The number of carboxylic acid groups (broad SMARTS) is 1. The normalized spacial score (nSPS) is 19.9. The smallest absolute Gasteiger partial charge is 0.354 e. The summed E-state index contributed by atoms with van der Waals surface area (Å²) in [4.78, 5) is 59.2. The van der Waals surface area contributed by atoms with Crippen LogP contribution in [-0.2, 0) is 9.47 Å². The largest absolute Gasteiger partial charge is 0.477 e. The number of hydrogen-bond acceptors (Lipinski definition) is 15. The van der Waals surface area contributed by atoms with Crippen LogP contribution in [0, 0.1) is 0 Å². The molecule has 2 saturated heterocycles. The summed E-state index contributed by atoms with van der Waals surface area (Å²) in [6.45, 7) is 7.59. The van der Waals surface area contributed by atoms with Gasteiger partial charge in [0.05, 0.1) is 51.3 Å². The predicted octanol–water partition coefficient (Wildman–Crippen LogP) is 9.59. The number of pyridine rings is 2. The zero-order valence-corrected chi connectivity index (χ0v) is 49.6. The first-order valence-corrected chi connectivity index (χ1v) is 30.4. The molecule has 2 saturated carbocycles. The van der Waals surface area contributed by atoms with E-state index >= 15 is 0 Å². The number of aromatic carboxylic acids is 1. The number of morpholine rings is 2. The second kappa shape index (κ2) is 31.2. The van der Waals surface area contributed by atoms with E-state index in [0.29, 0.717) is 35.6 Å². The molecule has 74 heavy (non-hydrogen) atoms. The lowest BCUT2D eigenvalue weighted by Gasteiger charge is -2.39. The molecule has 1 amide bonds. The molecule has 0 atom stereocenters. The number of carbonyl (C=O) groups is 2. The van der Waals surface area contributed by atoms with E-state index in [1.54, 1.807) is 38.9 Å². The van der Waals surface area contributed by atoms with Crippen molar-refractivity contribution in [1.82, 2.24) is 49.9 Å². The van der Waals surface area contributed by atoms with Crippen LogP contribution in [0.25, 0.3) is 44.3 Å². The summed E-state index contributed by atoms with van der Waals surface area (Å²) in [5, 5.41) is 21.2. The fraction of sp³-hybridized carbons (Fsp3) is 0.481. The molecule has 0 spiro atoms. The Morgan fingerprint density at radius 2 is 1.01 bits per heavy atom. The number of halogens is 3. The number of alkyl halides is 3. The predicted molar refractivity (Wildman–Crippen MR) is 322 cm³/mol. The SMILES string of the molecule is CI.CN(C)C(=O)c1cccc(-c2ccc3ncnc(NC4CCC(N5CCOCC5)CC4)c3c2)n1.CNC.ICI.O=C(O)c1cccc(-c2ccc3ncnc(NC4CCC(N5CCOCC5)CC4)c3c2)n1. The van der Waals surface area contributed by atoms with Crippen molar-refractivity contribution in [3.8, 4) is 22.5 Å². The molecule has 20 heteroatoms. The number of benzene rings is 2. The van der Waals surface area contributed by atoms with E-state index in [2.05, 4.69) is 129 Å². The Kier molecular flexibility index (Phi) is 25.0. The first-order chi connectivity index (χ1) is 36.1. The van der Waals surface area contributed by atoms with Crippen LogP contribution in [0.3, 0.4) is 0 Å². The lowest BCUT2D eigenvalue weighted by molar-refractivity contribution is 0.00788. The average molecular weight is 1350 g/mol. The van der Waals surface area contributed by atoms with E-state index in [1.165, 1.54) is 39.1 Å². The molecule has 2 aliphatic carbocycles. The highest BCUT2D eigenvalue weighted by molar-refractivity contribution is 14.2. The molecule has 10 rings (SSSR count). The van der Waals surface area contributed by atoms with Gasteiger partial charge in [0.15, 0.2) is 0 Å². The lowest BCUT2D eigenvalue weighted by atomic mass is 9.90. The molecule has 2 aliphatic heterocycles. The van der Waals surface area contributed by atoms with Crippen molar-refractivity contribution in [1.29, 1.82) is 0 Å². The highest BCUT2D eigenvalue weighted by Gasteiger charge is 2.29. The summed E-state index contributed by atoms with van der Waals surface area (Å²) < 4.78 is 12.2. The molecule has 398 valence electrons. The van der Waals surface area contributed by atoms with Crippen molar-refractivity contribution in [3.63, 3.8) is 0 Å². The Morgan fingerprint density at radius 3 is 1.41 bits per heavy atom. The summed E-state index contributed by atoms with van der Waals surface area (Å²) in [7, 11) is 7.22. The van der Waals surface area contributed by atoms with Gasteiger partial charge < -0.3 is 35.4 Å². The molecule has 4 fully saturated rings. The van der Waals surface area contributed by atoms with Crippen LogP contribution in [0.5, 0.6) is 0 Å². The van der Waals surface area contributed by atoms with Gasteiger partial charge in [-0.2, -0.15) is 0 Å². The Morgan fingerprint density at radius 1 is 0.622 bits per heavy atom. The number of rotatable bonds is 10. The van der Waals surface area contributed by atoms with Crippen LogP contribution in [0.15, 0.2) is 85.5 Å². The molecule has 6 heterocycles. The van der Waals surface area contributed by atoms with E-state index in [4.69, 9.17) is 9.47 Å². The Hall–Kier alpha value is -4.05. The van der Waals surface area contributed by atoms with E-state index < -0.39 is 5.97 Å². The molecule has 2 aromatic carbocycles. The van der Waals surface area contributed by atoms with Gasteiger partial charge in [-0.25, -0.2) is 34.7 Å². The Bertz CT molecular complexity index is 2680. The maximum Gasteiger partial charge on any atom is 0.354 e. The van der Waals surface area contributed by atoms with Crippen LogP contribution >= 0.6 is 67.8 Å². The second-order valence-electron chi connectivity index (χ2n) is 18.4. The number of anilines is 2. The maximum atomic E-state index is 12.4. The van der Waals surface area contributed by atoms with Gasteiger partial charge in [0.25, 0.3) is 5.91 Å². The number of carboxylic acids is 1. The van der Waals surface area contributed by atoms with E-state index in [9.17, 15) is 14.7 Å². The van der Waals surface area contributed by atoms with Crippen LogP contribution in [0.1, 0.15) is 72.3 Å². The summed E-state index contributed by atoms with van der Waals surface area (Å²) in [5.74, 6) is 0.537. The van der Waals surface area contributed by atoms with Crippen molar-refractivity contribution in [3.05, 3.63) is 96.8 Å². The summed E-state index contributed by atoms with van der Waals surface area (Å²) in [6, 6.07) is 24.6. The topological polar surface area (TPSA) is 196 Å². The first-order valence-electron chi connectivity index (χ1n) is 25.2. The van der Waals surface area contributed by atoms with Gasteiger partial charge in [-0.15, -0.1) is 0 Å². The lowest BCUT2D eigenvalue weighted by Crippen LogP contribution is -2.46. The molecule has 0 unspecified atom stereocenters. The molecular weight excluding hydrogens is 1280 g/mol. The maximum absolute atomic E-state index is 12.4. The van der Waals surface area contributed by atoms with Gasteiger partial charge in [0.1, 0.15) is 35.7 Å². The average Bonchev–Trinajstić information content (AvgIpc) is 3.45. The third-order valence-corrected chi connectivity index (χ3v) is 13.4. The number of nitrogens with one attached hydrogen (secondary N) is 3. The van der Waals surface area contributed by atoms with Gasteiger partial charge >= 0.3 is 5.97 Å². The summed E-state index contributed by atoms with van der Waals surface area (Å²) in [5.41, 5.74) is 5.36. The van der Waals surface area contributed by atoms with Crippen molar-refractivity contribution < 1.29 is 24.2 Å². The monoisotopic (exact) mass is 1350 g/mol. The van der Waals surface area contributed by atoms with Crippen molar-refractivity contribution in [2.45, 2.75) is 75.5 Å². The van der Waals surface area contributed by atoms with Gasteiger partial charge in [-0.1, -0.05) is 92.0 Å². The standard InChI is InChI=1S/C26H32N6O2.C24H27N5O3.C2H7N.CH2I2.CH3I/c1-31(2)26(33)24-5-3-4-22(30-24)18-6-11-23-21(16-18)25(28-17-27-23)29-19-7-9-20(10-8-19)32-12-14-34-15-13-32;30-24(31)22-3-1-2-20(28-22)16-4-9-21-19(14-16)23(26-15-25-21)27-17-5-7-18(8-6-17)29-10-12-32-13-11-29;1-3-2;2-1-3;1-2/h3-6,11,16-17,19-20H,7-10,12-15H2,1-2H3,(H,27,28,29);1-4,9,14-15,17-18H,5-8,10-13H2,(H,30,31)(H,25,26,27);3H,1-2H3;1H2;1H3. The molecular formula is C54H71I3N12O5. The number of ether oxygens (including phenoxy) is 2. The third kappa shape index (κ3) is 17.0. The van der Waals surface area contributed by atoms with E-state index in [1.807, 2.05) is 67.6 Å². The van der Waals surface area contributed by atoms with Crippen molar-refractivity contribution in [2.24, 2.45) is 0 Å². The number of aromatic nitrogens is 6. The molecule has 4 aromatic heterocycles. The minimum atomic E-state index is -1.04. The molecule has 17 nitrogen and oxygen atoms in total. The zero-order chi connectivity index (χ0) is 52.8. The third-order valence-electron chi connectivity index (χ3n) is 13.4. The Labute approximate surface area is 477 Å². The number of fused-ring (bicyclic) bond motifs is 2. The molecule has 0 radical (unpaired) electrons. The number of carbonyl (C=O) groups excluding carboxylic acids is 1. The van der Waals surface area contributed by atoms with Crippen LogP contribution < -0.4 is 16.0 Å². The van der Waals surface area contributed by atoms with Gasteiger partial charge in [-0.05, 0) is 119 Å². The fourth-order valence-electron chi connectivity index (χ4n) is 9.76. The quantitative estimate of drug-likeness (QED) is 0.0747. The second-order valence-corrected chi connectivity index (χ2v) is 22.9. The molecule has 6 aromatic rings. The number of hydrogen-bond donors (Lipinski definition) is 4. The minimum absolute atomic E-state index is 0.0299. The van der Waals surface area contributed by atoms with Crippen LogP contribution in [-0.4, -0.2) is 174 Å². The highest BCUT2D eigenvalue weighted by atomic mass is 127. The molecule has 4 aliphatic rings. The van der Waals surface area contributed by atoms with E-state index in [-0.39, 0.29) is 11.6 Å². The Balaban J connectivity index is 0.000000212. The van der Waals surface area contributed by atoms with Crippen molar-refractivity contribution in [2.75, 3.05) is 98.8 Å². The minimum Gasteiger partial charge on any atom is -0.477 e. The molecule has 4 N–H and O–H groups in total. The van der Waals surface area contributed by atoms with E-state index in [0.717, 1.165) is 129 Å². The molecule has 0 bridgehead atoms. The van der Waals surface area contributed by atoms with Crippen LogP contribution in [0.2, 0.25) is 0 Å². The van der Waals surface area contributed by atoms with Gasteiger partial charge in [0, 0.05) is 86.3 Å². The van der Waals surface area contributed by atoms with Gasteiger partial charge in [-0.3, -0.25) is 14.6 Å². The number of nitrogens with zero attached hydrogens (tertiary/aromatic N) is 9. The number of amides is 1. The zero-order valence-electron chi connectivity index (χ0n) is 43.2. The first kappa shape index (κ1) is 59.2. The highest BCUT2D eigenvalue weighted by Crippen LogP contribution is 2.32. The summed E-state index contributed by atoms with van der Waals surface area (Å²) >= 11 is 6.70. The van der Waals surface area contributed by atoms with Gasteiger partial charge in [0.2, 0.25) is 0 Å². The van der Waals surface area contributed by atoms with Crippen LogP contribution in [0.4, 0.5) is 11.6 Å². The van der Waals surface area contributed by atoms with Crippen molar-refractivity contribution >= 4 is 113 Å². The fourth-order valence-corrected chi connectivity index (χ4v) is 9.76.